The van der Waals surface area contributed by atoms with Crippen molar-refractivity contribution in [1.82, 2.24) is 4.90 Å². The molecule has 3 N–H and O–H groups in total. The summed E-state index contributed by atoms with van der Waals surface area (Å²) in [6.45, 7) is 5.55. The molecule has 1 aliphatic heterocycles. The normalized spacial score (nSPS) is 15.5. The molecule has 0 radical (unpaired) electrons. The van der Waals surface area contributed by atoms with Crippen LogP contribution in [-0.4, -0.2) is 55.4 Å². The van der Waals surface area contributed by atoms with Gasteiger partial charge in [0.25, 0.3) is 5.91 Å². The van der Waals surface area contributed by atoms with E-state index in [1.807, 2.05) is 12.1 Å². The van der Waals surface area contributed by atoms with Crippen molar-refractivity contribution in [2.24, 2.45) is 5.73 Å². The van der Waals surface area contributed by atoms with Crippen LogP contribution in [0.4, 0.5) is 0 Å². The first-order valence-electron chi connectivity index (χ1n) is 11.2. The second-order valence-corrected chi connectivity index (χ2v) is 8.05. The maximum absolute atomic E-state index is 11.0. The number of nitrogens with zero attached hydrogens (tertiary/aromatic N) is 1. The Labute approximate surface area is 185 Å². The second kappa shape index (κ2) is 12.4. The van der Waals surface area contributed by atoms with Gasteiger partial charge in [0.15, 0.2) is 6.10 Å². The number of unbranched alkanes of at least 4 members (excludes halogenated alkanes) is 1. The molecule has 0 bridgehead atoms. The maximum Gasteiger partial charge on any atom is 0.250 e. The molecule has 6 nitrogen and oxygen atoms in total. The highest BCUT2D eigenvalue weighted by molar-refractivity contribution is 5.80. The Kier molecular flexibility index (Phi) is 9.34. The van der Waals surface area contributed by atoms with Crippen LogP contribution in [0, 0.1) is 0 Å². The zero-order valence-corrected chi connectivity index (χ0v) is 18.2. The van der Waals surface area contributed by atoms with Crippen LogP contribution < -0.4 is 10.5 Å². The number of primary amides is 1. The van der Waals surface area contributed by atoms with Crippen molar-refractivity contribution in [3.63, 3.8) is 0 Å². The lowest BCUT2D eigenvalue weighted by Crippen LogP contribution is -2.37. The third-order valence-corrected chi connectivity index (χ3v) is 5.66. The number of aliphatic hydroxyl groups is 1. The lowest BCUT2D eigenvalue weighted by atomic mass is 10.0. The van der Waals surface area contributed by atoms with Crippen molar-refractivity contribution in [2.75, 3.05) is 39.5 Å². The van der Waals surface area contributed by atoms with Gasteiger partial charge in [0.2, 0.25) is 0 Å². The molecule has 2 aromatic rings. The van der Waals surface area contributed by atoms with Crippen LogP contribution in [0.2, 0.25) is 0 Å². The summed E-state index contributed by atoms with van der Waals surface area (Å²) < 4.78 is 11.2. The molecule has 1 saturated heterocycles. The van der Waals surface area contributed by atoms with Gasteiger partial charge in [-0.25, -0.2) is 0 Å². The number of amides is 1. The molecule has 31 heavy (non-hydrogen) atoms. The van der Waals surface area contributed by atoms with E-state index in [2.05, 4.69) is 29.2 Å². The summed E-state index contributed by atoms with van der Waals surface area (Å²) in [5.41, 5.74) is 8.18. The molecule has 1 heterocycles. The van der Waals surface area contributed by atoms with E-state index < -0.39 is 12.0 Å². The summed E-state index contributed by atoms with van der Waals surface area (Å²) in [6, 6.07) is 15.9. The molecule has 1 unspecified atom stereocenters. The summed E-state index contributed by atoms with van der Waals surface area (Å²) in [6.07, 6.45) is 3.99. The number of ether oxygens (including phenoxy) is 2. The zero-order chi connectivity index (χ0) is 21.9. The topological polar surface area (TPSA) is 85.0 Å². The fraction of sp³-hybridized carbons (Fsp3) is 0.480. The minimum Gasteiger partial charge on any atom is -0.494 e. The second-order valence-electron chi connectivity index (χ2n) is 8.05. The maximum atomic E-state index is 11.0. The minimum atomic E-state index is -1.23. The lowest BCUT2D eigenvalue weighted by Gasteiger charge is -2.26. The molecule has 0 saturated carbocycles. The molecule has 0 aromatic heterocycles. The Morgan fingerprint density at radius 2 is 1.55 bits per heavy atom. The summed E-state index contributed by atoms with van der Waals surface area (Å²) in [5.74, 6) is 0.209. The predicted octanol–water partition coefficient (Wildman–Crippen LogP) is 2.87. The molecule has 2 aromatic carbocycles. The third kappa shape index (κ3) is 7.98. The van der Waals surface area contributed by atoms with Gasteiger partial charge in [0.05, 0.1) is 19.8 Å². The first kappa shape index (κ1) is 23.3. The average molecular weight is 427 g/mol. The quantitative estimate of drug-likeness (QED) is 0.510. The van der Waals surface area contributed by atoms with Crippen LogP contribution in [0.15, 0.2) is 48.5 Å². The van der Waals surface area contributed by atoms with Crippen molar-refractivity contribution in [1.29, 1.82) is 0 Å². The van der Waals surface area contributed by atoms with Crippen molar-refractivity contribution in [3.8, 4) is 5.75 Å². The number of rotatable bonds is 12. The molecular formula is C25H34N2O4. The van der Waals surface area contributed by atoms with Crippen molar-refractivity contribution in [2.45, 2.75) is 38.2 Å². The van der Waals surface area contributed by atoms with Gasteiger partial charge < -0.3 is 20.3 Å². The van der Waals surface area contributed by atoms with E-state index in [1.165, 1.54) is 11.1 Å². The van der Waals surface area contributed by atoms with Gasteiger partial charge in [0, 0.05) is 19.6 Å². The van der Waals surface area contributed by atoms with E-state index in [9.17, 15) is 9.90 Å². The SMILES string of the molecule is NC(=O)C(O)c1ccc(CCCCc2ccc(OCCCN3CCOCC3)cc2)cc1. The molecule has 168 valence electrons. The Morgan fingerprint density at radius 3 is 2.13 bits per heavy atom. The number of aliphatic hydroxyl groups excluding tert-OH is 1. The van der Waals surface area contributed by atoms with Gasteiger partial charge in [-0.05, 0) is 60.9 Å². The molecular weight excluding hydrogens is 392 g/mol. The molecule has 1 atom stereocenters. The van der Waals surface area contributed by atoms with Crippen LogP contribution in [-0.2, 0) is 22.4 Å². The monoisotopic (exact) mass is 426 g/mol. The number of nitrogens with two attached hydrogens (primary N) is 1. The van der Waals surface area contributed by atoms with E-state index in [0.717, 1.165) is 77.3 Å². The minimum absolute atomic E-state index is 0.541. The Bertz CT molecular complexity index is 786. The number of morpholine rings is 1. The highest BCUT2D eigenvalue weighted by Crippen LogP contribution is 2.17. The van der Waals surface area contributed by atoms with E-state index in [0.29, 0.717) is 5.56 Å². The Morgan fingerprint density at radius 1 is 0.968 bits per heavy atom. The number of carbonyl (C=O) groups is 1. The van der Waals surface area contributed by atoms with Crippen LogP contribution >= 0.6 is 0 Å². The lowest BCUT2D eigenvalue weighted by molar-refractivity contribution is -0.126. The fourth-order valence-electron chi connectivity index (χ4n) is 3.74. The molecule has 1 amide bonds. The smallest absolute Gasteiger partial charge is 0.250 e. The fourth-order valence-corrected chi connectivity index (χ4v) is 3.74. The highest BCUT2D eigenvalue weighted by atomic mass is 16.5. The van der Waals surface area contributed by atoms with Gasteiger partial charge in [0.1, 0.15) is 5.75 Å². The molecule has 3 rings (SSSR count). The predicted molar refractivity (Wildman–Crippen MR) is 121 cm³/mol. The van der Waals surface area contributed by atoms with Gasteiger partial charge in [-0.1, -0.05) is 36.4 Å². The molecule has 1 aliphatic rings. The number of hydrogen-bond acceptors (Lipinski definition) is 5. The molecule has 0 spiro atoms. The number of aryl methyl sites for hydroxylation is 2. The van der Waals surface area contributed by atoms with E-state index in [-0.39, 0.29) is 0 Å². The van der Waals surface area contributed by atoms with Crippen LogP contribution in [0.25, 0.3) is 0 Å². The van der Waals surface area contributed by atoms with E-state index in [4.69, 9.17) is 15.2 Å². The molecule has 1 fully saturated rings. The van der Waals surface area contributed by atoms with Crippen LogP contribution in [0.5, 0.6) is 5.75 Å². The standard InChI is InChI=1S/C25H34N2O4/c26-25(29)24(28)22-10-6-20(7-11-22)4-1-2-5-21-8-12-23(13-9-21)31-17-3-14-27-15-18-30-19-16-27/h6-13,24,28H,1-5,14-19H2,(H2,26,29). The molecule has 6 heteroatoms. The van der Waals surface area contributed by atoms with Crippen molar-refractivity contribution < 1.29 is 19.4 Å². The summed E-state index contributed by atoms with van der Waals surface area (Å²) in [7, 11) is 0. The van der Waals surface area contributed by atoms with Crippen molar-refractivity contribution >= 4 is 5.91 Å². The number of hydrogen-bond donors (Lipinski definition) is 2. The average Bonchev–Trinajstić information content (AvgIpc) is 2.81. The van der Waals surface area contributed by atoms with Gasteiger partial charge in [-0.2, -0.15) is 0 Å². The van der Waals surface area contributed by atoms with Crippen LogP contribution in [0.3, 0.4) is 0 Å². The highest BCUT2D eigenvalue weighted by Gasteiger charge is 2.13. The largest absolute Gasteiger partial charge is 0.494 e. The van der Waals surface area contributed by atoms with Gasteiger partial charge in [-0.3, -0.25) is 9.69 Å². The number of carbonyl (C=O) groups excluding carboxylic acids is 1. The van der Waals surface area contributed by atoms with Crippen LogP contribution in [0.1, 0.15) is 42.1 Å². The summed E-state index contributed by atoms with van der Waals surface area (Å²) >= 11 is 0. The number of benzene rings is 2. The van der Waals surface area contributed by atoms with E-state index in [1.54, 1.807) is 12.1 Å². The summed E-state index contributed by atoms with van der Waals surface area (Å²) in [4.78, 5) is 13.5. The Hall–Kier alpha value is -2.41. The third-order valence-electron chi connectivity index (χ3n) is 5.66. The van der Waals surface area contributed by atoms with E-state index >= 15 is 0 Å². The van der Waals surface area contributed by atoms with Crippen molar-refractivity contribution in [3.05, 3.63) is 65.2 Å². The van der Waals surface area contributed by atoms with Gasteiger partial charge >= 0.3 is 0 Å². The Balaban J connectivity index is 1.30. The zero-order valence-electron chi connectivity index (χ0n) is 18.2. The van der Waals surface area contributed by atoms with Gasteiger partial charge in [-0.15, -0.1) is 0 Å². The first-order valence-corrected chi connectivity index (χ1v) is 11.2. The first-order chi connectivity index (χ1) is 15.1. The molecule has 0 aliphatic carbocycles. The summed E-state index contributed by atoms with van der Waals surface area (Å²) in [5, 5.41) is 9.67.